The van der Waals surface area contributed by atoms with E-state index in [0.29, 0.717) is 0 Å². The van der Waals surface area contributed by atoms with Gasteiger partial charge in [0.1, 0.15) is 0 Å². The molecule has 1 aromatic carbocycles. The lowest BCUT2D eigenvalue weighted by molar-refractivity contribution is 0.159. The molecule has 2 rings (SSSR count). The Morgan fingerprint density at radius 1 is 1.39 bits per heavy atom. The molecule has 1 saturated heterocycles. The predicted molar refractivity (Wildman–Crippen MR) is 76.5 cm³/mol. The van der Waals surface area contributed by atoms with Crippen LogP contribution in [0.2, 0.25) is 5.02 Å². The maximum absolute atomic E-state index is 9.48. The summed E-state index contributed by atoms with van der Waals surface area (Å²) in [6.07, 6.45) is 1.12. The zero-order chi connectivity index (χ0) is 13.1. The number of anilines is 1. The van der Waals surface area contributed by atoms with Crippen molar-refractivity contribution in [2.45, 2.75) is 19.4 Å². The standard InChI is InChI=1S/C14H21ClN2O/c1-11-8-12(15)4-5-14(11)17-7-3-6-16(2)13(9-17)10-18/h4-5,8,13,18H,3,6-7,9-10H2,1-2H3. The van der Waals surface area contributed by atoms with Crippen LogP contribution in [0.15, 0.2) is 18.2 Å². The molecule has 0 saturated carbocycles. The topological polar surface area (TPSA) is 26.7 Å². The summed E-state index contributed by atoms with van der Waals surface area (Å²) in [6.45, 7) is 5.23. The van der Waals surface area contributed by atoms with Crippen molar-refractivity contribution >= 4 is 17.3 Å². The van der Waals surface area contributed by atoms with Crippen molar-refractivity contribution in [3.05, 3.63) is 28.8 Å². The number of aliphatic hydroxyl groups excluding tert-OH is 1. The summed E-state index contributed by atoms with van der Waals surface area (Å²) in [5.41, 5.74) is 2.43. The fourth-order valence-corrected chi connectivity index (χ4v) is 2.79. The number of rotatable bonds is 2. The lowest BCUT2D eigenvalue weighted by Gasteiger charge is -2.29. The van der Waals surface area contributed by atoms with E-state index in [0.717, 1.165) is 31.1 Å². The number of hydrogen-bond donors (Lipinski definition) is 1. The van der Waals surface area contributed by atoms with E-state index in [1.165, 1.54) is 11.3 Å². The molecule has 0 bridgehead atoms. The number of aryl methyl sites for hydroxylation is 1. The third-order valence-electron chi connectivity index (χ3n) is 3.70. The van der Waals surface area contributed by atoms with Crippen molar-refractivity contribution in [2.75, 3.05) is 38.2 Å². The third kappa shape index (κ3) is 2.97. The van der Waals surface area contributed by atoms with Crippen molar-refractivity contribution in [2.24, 2.45) is 0 Å². The fourth-order valence-electron chi connectivity index (χ4n) is 2.57. The van der Waals surface area contributed by atoms with Gasteiger partial charge in [-0.1, -0.05) is 11.6 Å². The molecule has 1 atom stereocenters. The first-order valence-electron chi connectivity index (χ1n) is 6.44. The molecule has 1 heterocycles. The van der Waals surface area contributed by atoms with Gasteiger partial charge in [0.25, 0.3) is 0 Å². The van der Waals surface area contributed by atoms with Gasteiger partial charge in [-0.05, 0) is 50.7 Å². The smallest absolute Gasteiger partial charge is 0.0603 e. The average Bonchev–Trinajstić information content (AvgIpc) is 2.51. The van der Waals surface area contributed by atoms with E-state index < -0.39 is 0 Å². The second-order valence-corrected chi connectivity index (χ2v) is 5.48. The normalized spacial score (nSPS) is 22.0. The Morgan fingerprint density at radius 3 is 2.83 bits per heavy atom. The second kappa shape index (κ2) is 5.91. The first-order valence-corrected chi connectivity index (χ1v) is 6.82. The van der Waals surface area contributed by atoms with Crippen molar-refractivity contribution in [3.8, 4) is 0 Å². The number of nitrogens with zero attached hydrogens (tertiary/aromatic N) is 2. The van der Waals surface area contributed by atoms with Gasteiger partial charge in [0.05, 0.1) is 6.61 Å². The van der Waals surface area contributed by atoms with E-state index in [2.05, 4.69) is 29.8 Å². The van der Waals surface area contributed by atoms with E-state index in [4.69, 9.17) is 11.6 Å². The van der Waals surface area contributed by atoms with Gasteiger partial charge in [0.15, 0.2) is 0 Å². The van der Waals surface area contributed by atoms with Gasteiger partial charge in [-0.15, -0.1) is 0 Å². The summed E-state index contributed by atoms with van der Waals surface area (Å²) in [7, 11) is 2.08. The molecule has 1 unspecified atom stereocenters. The monoisotopic (exact) mass is 268 g/mol. The predicted octanol–water partition coefficient (Wildman–Crippen LogP) is 2.15. The average molecular weight is 269 g/mol. The van der Waals surface area contributed by atoms with Crippen molar-refractivity contribution in [3.63, 3.8) is 0 Å². The maximum Gasteiger partial charge on any atom is 0.0603 e. The molecule has 18 heavy (non-hydrogen) atoms. The quantitative estimate of drug-likeness (QED) is 0.890. The van der Waals surface area contributed by atoms with Crippen LogP contribution in [0, 0.1) is 6.92 Å². The van der Waals surface area contributed by atoms with E-state index in [1.54, 1.807) is 0 Å². The Balaban J connectivity index is 2.21. The highest BCUT2D eigenvalue weighted by Crippen LogP contribution is 2.25. The van der Waals surface area contributed by atoms with E-state index in [-0.39, 0.29) is 12.6 Å². The Bertz CT molecular complexity index is 411. The molecule has 1 fully saturated rings. The van der Waals surface area contributed by atoms with Crippen molar-refractivity contribution in [1.82, 2.24) is 4.90 Å². The Hall–Kier alpha value is -0.770. The molecule has 1 aliphatic rings. The van der Waals surface area contributed by atoms with Crippen LogP contribution in [0.25, 0.3) is 0 Å². The van der Waals surface area contributed by atoms with Gasteiger partial charge in [-0.2, -0.15) is 0 Å². The summed E-state index contributed by atoms with van der Waals surface area (Å²) < 4.78 is 0. The molecule has 1 aromatic rings. The summed E-state index contributed by atoms with van der Waals surface area (Å²) >= 11 is 6.00. The van der Waals surface area contributed by atoms with Crippen molar-refractivity contribution in [1.29, 1.82) is 0 Å². The summed E-state index contributed by atoms with van der Waals surface area (Å²) in [4.78, 5) is 4.60. The van der Waals surface area contributed by atoms with Crippen LogP contribution >= 0.6 is 11.6 Å². The van der Waals surface area contributed by atoms with Gasteiger partial charge in [-0.3, -0.25) is 4.90 Å². The summed E-state index contributed by atoms with van der Waals surface area (Å²) in [5.74, 6) is 0. The Kier molecular flexibility index (Phi) is 4.49. The van der Waals surface area contributed by atoms with E-state index >= 15 is 0 Å². The van der Waals surface area contributed by atoms with Gasteiger partial charge < -0.3 is 10.0 Å². The number of halogens is 1. The highest BCUT2D eigenvalue weighted by Gasteiger charge is 2.22. The van der Waals surface area contributed by atoms with E-state index in [9.17, 15) is 5.11 Å². The van der Waals surface area contributed by atoms with Gasteiger partial charge in [0, 0.05) is 29.8 Å². The minimum Gasteiger partial charge on any atom is -0.395 e. The molecule has 1 N–H and O–H groups in total. The first-order chi connectivity index (χ1) is 8.61. The van der Waals surface area contributed by atoms with Crippen molar-refractivity contribution < 1.29 is 5.11 Å². The SMILES string of the molecule is Cc1cc(Cl)ccc1N1CCCN(C)C(CO)C1. The van der Waals surface area contributed by atoms with Crippen LogP contribution in [0.1, 0.15) is 12.0 Å². The van der Waals surface area contributed by atoms with E-state index in [1.807, 2.05) is 12.1 Å². The van der Waals surface area contributed by atoms with Crippen LogP contribution in [0.4, 0.5) is 5.69 Å². The minimum atomic E-state index is 0.208. The molecule has 0 aromatic heterocycles. The fraction of sp³-hybridized carbons (Fsp3) is 0.571. The lowest BCUT2D eigenvalue weighted by Crippen LogP contribution is -2.41. The zero-order valence-corrected chi connectivity index (χ0v) is 11.8. The molecule has 0 radical (unpaired) electrons. The maximum atomic E-state index is 9.48. The minimum absolute atomic E-state index is 0.208. The van der Waals surface area contributed by atoms with Crippen LogP contribution in [-0.2, 0) is 0 Å². The van der Waals surface area contributed by atoms with Crippen LogP contribution in [0.5, 0.6) is 0 Å². The molecule has 0 amide bonds. The summed E-state index contributed by atoms with van der Waals surface area (Å²) in [6, 6.07) is 6.23. The highest BCUT2D eigenvalue weighted by molar-refractivity contribution is 6.30. The van der Waals surface area contributed by atoms with Crippen LogP contribution < -0.4 is 4.90 Å². The molecular weight excluding hydrogens is 248 g/mol. The largest absolute Gasteiger partial charge is 0.395 e. The second-order valence-electron chi connectivity index (χ2n) is 5.05. The lowest BCUT2D eigenvalue weighted by atomic mass is 10.1. The van der Waals surface area contributed by atoms with Gasteiger partial charge in [-0.25, -0.2) is 0 Å². The molecule has 100 valence electrons. The number of hydrogen-bond acceptors (Lipinski definition) is 3. The van der Waals surface area contributed by atoms with Gasteiger partial charge >= 0.3 is 0 Å². The Labute approximate surface area is 114 Å². The molecule has 4 heteroatoms. The molecular formula is C14H21ClN2O. The Morgan fingerprint density at radius 2 is 2.17 bits per heavy atom. The molecule has 3 nitrogen and oxygen atoms in total. The number of aliphatic hydroxyl groups is 1. The molecule has 0 spiro atoms. The highest BCUT2D eigenvalue weighted by atomic mass is 35.5. The molecule has 0 aliphatic carbocycles. The molecule has 1 aliphatic heterocycles. The van der Waals surface area contributed by atoms with Gasteiger partial charge in [0.2, 0.25) is 0 Å². The van der Waals surface area contributed by atoms with Crippen LogP contribution in [0.3, 0.4) is 0 Å². The number of benzene rings is 1. The summed E-state index contributed by atoms with van der Waals surface area (Å²) in [5, 5.41) is 10.3. The van der Waals surface area contributed by atoms with Crippen LogP contribution in [-0.4, -0.2) is 49.3 Å². The first kappa shape index (κ1) is 13.7. The zero-order valence-electron chi connectivity index (χ0n) is 11.1. The third-order valence-corrected chi connectivity index (χ3v) is 3.94. The number of likely N-dealkylation sites (N-methyl/N-ethyl adjacent to an activating group) is 1.